The lowest BCUT2D eigenvalue weighted by molar-refractivity contribution is 1.21. The Morgan fingerprint density at radius 1 is 1.54 bits per heavy atom. The SMILES string of the molecule is NC(N)=N/N=C\c1ccncc1Cl. The third-order valence-corrected chi connectivity index (χ3v) is 1.49. The molecule has 5 nitrogen and oxygen atoms in total. The highest BCUT2D eigenvalue weighted by molar-refractivity contribution is 6.32. The molecule has 0 amide bonds. The van der Waals surface area contributed by atoms with Crippen molar-refractivity contribution in [3.05, 3.63) is 29.0 Å². The van der Waals surface area contributed by atoms with E-state index >= 15 is 0 Å². The molecule has 6 heteroatoms. The van der Waals surface area contributed by atoms with Gasteiger partial charge in [-0.15, -0.1) is 5.10 Å². The third kappa shape index (κ3) is 3.08. The zero-order valence-electron chi connectivity index (χ0n) is 6.68. The van der Waals surface area contributed by atoms with E-state index in [9.17, 15) is 0 Å². The number of hydrogen-bond donors (Lipinski definition) is 2. The lowest BCUT2D eigenvalue weighted by Crippen LogP contribution is -2.21. The first-order chi connectivity index (χ1) is 6.20. The molecule has 0 aliphatic heterocycles. The molecule has 0 aliphatic carbocycles. The van der Waals surface area contributed by atoms with Crippen LogP contribution in [0, 0.1) is 0 Å². The second-order valence-corrected chi connectivity index (χ2v) is 2.57. The Bertz CT molecular complexity index is 342. The van der Waals surface area contributed by atoms with E-state index in [4.69, 9.17) is 23.1 Å². The average Bonchev–Trinajstić information content (AvgIpc) is 2.08. The zero-order chi connectivity index (χ0) is 9.68. The van der Waals surface area contributed by atoms with Gasteiger partial charge in [0.2, 0.25) is 5.96 Å². The normalized spacial score (nSPS) is 10.2. The van der Waals surface area contributed by atoms with Crippen LogP contribution in [0.1, 0.15) is 5.56 Å². The van der Waals surface area contributed by atoms with Gasteiger partial charge in [0, 0.05) is 18.0 Å². The summed E-state index contributed by atoms with van der Waals surface area (Å²) in [6, 6.07) is 1.70. The van der Waals surface area contributed by atoms with Crippen LogP contribution in [-0.4, -0.2) is 17.2 Å². The van der Waals surface area contributed by atoms with Crippen molar-refractivity contribution in [2.45, 2.75) is 0 Å². The van der Waals surface area contributed by atoms with Gasteiger partial charge < -0.3 is 11.5 Å². The highest BCUT2D eigenvalue weighted by Gasteiger charge is 1.93. The maximum Gasteiger partial charge on any atom is 0.211 e. The molecular weight excluding hydrogens is 190 g/mol. The minimum absolute atomic E-state index is 0.0959. The first-order valence-electron chi connectivity index (χ1n) is 3.41. The van der Waals surface area contributed by atoms with E-state index in [1.54, 1.807) is 12.3 Å². The van der Waals surface area contributed by atoms with Crippen molar-refractivity contribution in [3.8, 4) is 0 Å². The van der Waals surface area contributed by atoms with E-state index in [1.807, 2.05) is 0 Å². The van der Waals surface area contributed by atoms with Gasteiger partial charge in [0.15, 0.2) is 0 Å². The van der Waals surface area contributed by atoms with Crippen molar-refractivity contribution in [1.29, 1.82) is 0 Å². The lowest BCUT2D eigenvalue weighted by atomic mass is 10.3. The molecule has 0 bridgehead atoms. The summed E-state index contributed by atoms with van der Waals surface area (Å²) < 4.78 is 0. The van der Waals surface area contributed by atoms with Crippen LogP contribution in [0.5, 0.6) is 0 Å². The van der Waals surface area contributed by atoms with Crippen molar-refractivity contribution in [2.75, 3.05) is 0 Å². The fraction of sp³-hybridized carbons (Fsp3) is 0. The van der Waals surface area contributed by atoms with Gasteiger partial charge in [0.05, 0.1) is 11.2 Å². The molecule has 68 valence electrons. The molecule has 0 fully saturated rings. The van der Waals surface area contributed by atoms with E-state index in [0.717, 1.165) is 0 Å². The monoisotopic (exact) mass is 197 g/mol. The van der Waals surface area contributed by atoms with Gasteiger partial charge >= 0.3 is 0 Å². The summed E-state index contributed by atoms with van der Waals surface area (Å²) in [5.41, 5.74) is 10.8. The minimum atomic E-state index is -0.0959. The Kier molecular flexibility index (Phi) is 3.22. The topological polar surface area (TPSA) is 89.7 Å². The maximum absolute atomic E-state index is 5.77. The summed E-state index contributed by atoms with van der Waals surface area (Å²) >= 11 is 5.77. The number of hydrogen-bond acceptors (Lipinski definition) is 3. The predicted molar refractivity (Wildman–Crippen MR) is 52.7 cm³/mol. The molecule has 1 rings (SSSR count). The fourth-order valence-electron chi connectivity index (χ4n) is 0.648. The van der Waals surface area contributed by atoms with Gasteiger partial charge in [0.25, 0.3) is 0 Å². The Labute approximate surface area is 80.1 Å². The number of aromatic nitrogens is 1. The first kappa shape index (κ1) is 9.47. The molecule has 13 heavy (non-hydrogen) atoms. The largest absolute Gasteiger partial charge is 0.369 e. The molecule has 0 saturated carbocycles. The van der Waals surface area contributed by atoms with Gasteiger partial charge in [-0.05, 0) is 6.07 Å². The zero-order valence-corrected chi connectivity index (χ0v) is 7.44. The average molecular weight is 198 g/mol. The number of guanidine groups is 1. The number of nitrogens with zero attached hydrogens (tertiary/aromatic N) is 3. The van der Waals surface area contributed by atoms with Crippen molar-refractivity contribution in [3.63, 3.8) is 0 Å². The quantitative estimate of drug-likeness (QED) is 0.407. The molecule has 0 aromatic carbocycles. The van der Waals surface area contributed by atoms with E-state index < -0.39 is 0 Å². The Balaban J connectivity index is 2.80. The fourth-order valence-corrected chi connectivity index (χ4v) is 0.817. The summed E-state index contributed by atoms with van der Waals surface area (Å²) in [6.07, 6.45) is 4.56. The highest BCUT2D eigenvalue weighted by Crippen LogP contribution is 2.10. The molecule has 4 N–H and O–H groups in total. The Morgan fingerprint density at radius 3 is 2.92 bits per heavy atom. The van der Waals surface area contributed by atoms with Crippen LogP contribution in [0.25, 0.3) is 0 Å². The van der Waals surface area contributed by atoms with Crippen LogP contribution in [0.15, 0.2) is 28.7 Å². The van der Waals surface area contributed by atoms with Gasteiger partial charge in [0.1, 0.15) is 0 Å². The second kappa shape index (κ2) is 4.42. The summed E-state index contributed by atoms with van der Waals surface area (Å²) in [5, 5.41) is 7.52. The smallest absolute Gasteiger partial charge is 0.211 e. The molecule has 0 atom stereocenters. The number of nitrogens with two attached hydrogens (primary N) is 2. The Hall–Kier alpha value is -1.62. The summed E-state index contributed by atoms with van der Waals surface area (Å²) in [4.78, 5) is 3.81. The van der Waals surface area contributed by atoms with Gasteiger partial charge in [-0.25, -0.2) is 0 Å². The van der Waals surface area contributed by atoms with Crippen LogP contribution in [0.3, 0.4) is 0 Å². The molecule has 1 aromatic rings. The molecule has 0 radical (unpaired) electrons. The Morgan fingerprint density at radius 2 is 2.31 bits per heavy atom. The molecule has 1 aromatic heterocycles. The van der Waals surface area contributed by atoms with E-state index in [1.165, 1.54) is 12.4 Å². The number of halogens is 1. The van der Waals surface area contributed by atoms with Gasteiger partial charge in [-0.1, -0.05) is 11.6 Å². The summed E-state index contributed by atoms with van der Waals surface area (Å²) in [7, 11) is 0. The third-order valence-electron chi connectivity index (χ3n) is 1.17. The molecular formula is C7H8ClN5. The molecule has 0 aliphatic rings. The van der Waals surface area contributed by atoms with E-state index in [-0.39, 0.29) is 5.96 Å². The number of pyridine rings is 1. The summed E-state index contributed by atoms with van der Waals surface area (Å²) in [5.74, 6) is -0.0959. The van der Waals surface area contributed by atoms with Crippen molar-refractivity contribution >= 4 is 23.8 Å². The van der Waals surface area contributed by atoms with E-state index in [0.29, 0.717) is 10.6 Å². The number of rotatable bonds is 2. The van der Waals surface area contributed by atoms with Crippen LogP contribution in [0.4, 0.5) is 0 Å². The van der Waals surface area contributed by atoms with Crippen molar-refractivity contribution in [1.82, 2.24) is 4.98 Å². The summed E-state index contributed by atoms with van der Waals surface area (Å²) in [6.45, 7) is 0. The van der Waals surface area contributed by atoms with E-state index in [2.05, 4.69) is 15.2 Å². The molecule has 0 saturated heterocycles. The predicted octanol–water partition coefficient (Wildman–Crippen LogP) is 0.342. The maximum atomic E-state index is 5.77. The van der Waals surface area contributed by atoms with Crippen LogP contribution in [-0.2, 0) is 0 Å². The van der Waals surface area contributed by atoms with Crippen LogP contribution >= 0.6 is 11.6 Å². The molecule has 0 unspecified atom stereocenters. The van der Waals surface area contributed by atoms with Crippen molar-refractivity contribution in [2.24, 2.45) is 21.7 Å². The molecule has 1 heterocycles. The minimum Gasteiger partial charge on any atom is -0.369 e. The van der Waals surface area contributed by atoms with Gasteiger partial charge in [-0.2, -0.15) is 5.10 Å². The van der Waals surface area contributed by atoms with Crippen LogP contribution < -0.4 is 11.5 Å². The second-order valence-electron chi connectivity index (χ2n) is 2.17. The van der Waals surface area contributed by atoms with Crippen LogP contribution in [0.2, 0.25) is 5.02 Å². The first-order valence-corrected chi connectivity index (χ1v) is 3.79. The molecule has 0 spiro atoms. The van der Waals surface area contributed by atoms with Crippen molar-refractivity contribution < 1.29 is 0 Å². The lowest BCUT2D eigenvalue weighted by Gasteiger charge is -1.92. The highest BCUT2D eigenvalue weighted by atomic mass is 35.5. The standard InChI is InChI=1S/C7H8ClN5/c8-6-4-11-2-1-5(6)3-12-13-7(9)10/h1-4H,(H4,9,10,13)/b12-3-. The van der Waals surface area contributed by atoms with Gasteiger partial charge in [-0.3, -0.25) is 4.98 Å².